The number of ether oxygens (including phenoxy) is 2. The van der Waals surface area contributed by atoms with Crippen LogP contribution in [0, 0.1) is 0 Å². The minimum Gasteiger partial charge on any atom is -0.497 e. The summed E-state index contributed by atoms with van der Waals surface area (Å²) in [4.78, 5) is 14.3. The van der Waals surface area contributed by atoms with Crippen molar-refractivity contribution in [1.29, 1.82) is 0 Å². The van der Waals surface area contributed by atoms with Crippen molar-refractivity contribution >= 4 is 23.4 Å². The minimum atomic E-state index is 0.0191. The van der Waals surface area contributed by atoms with Crippen molar-refractivity contribution in [3.05, 3.63) is 18.2 Å². The van der Waals surface area contributed by atoms with Gasteiger partial charge in [0.1, 0.15) is 11.5 Å². The average molecular weight is 338 g/mol. The van der Waals surface area contributed by atoms with Gasteiger partial charge in [0, 0.05) is 43.0 Å². The van der Waals surface area contributed by atoms with E-state index in [1.165, 1.54) is 0 Å². The second-order valence-electron chi connectivity index (χ2n) is 5.75. The van der Waals surface area contributed by atoms with Crippen molar-refractivity contribution in [2.24, 2.45) is 0 Å². The zero-order chi connectivity index (χ0) is 16.8. The van der Waals surface area contributed by atoms with Gasteiger partial charge < -0.3 is 19.7 Å². The number of rotatable bonds is 6. The summed E-state index contributed by atoms with van der Waals surface area (Å²) >= 11 is 1.60. The molecule has 2 rings (SSSR count). The highest BCUT2D eigenvalue weighted by molar-refractivity contribution is 7.99. The molecule has 1 aliphatic rings. The molecular formula is C17H26N2O3S. The Morgan fingerprint density at radius 2 is 1.96 bits per heavy atom. The molecule has 0 saturated carbocycles. The van der Waals surface area contributed by atoms with E-state index in [0.29, 0.717) is 0 Å². The first-order valence-electron chi connectivity index (χ1n) is 7.88. The summed E-state index contributed by atoms with van der Waals surface area (Å²) in [6.45, 7) is 3.56. The Bertz CT molecular complexity index is 516. The van der Waals surface area contributed by atoms with Crippen molar-refractivity contribution in [1.82, 2.24) is 4.90 Å². The Morgan fingerprint density at radius 1 is 1.30 bits per heavy atom. The van der Waals surface area contributed by atoms with Crippen molar-refractivity contribution in [2.45, 2.75) is 31.1 Å². The van der Waals surface area contributed by atoms with Crippen molar-refractivity contribution in [3.8, 4) is 11.5 Å². The predicted octanol–water partition coefficient (Wildman–Crippen LogP) is 2.86. The van der Waals surface area contributed by atoms with Crippen LogP contribution in [-0.2, 0) is 4.79 Å². The standard InChI is InChI=1S/C17H26N2O3S/c1-12(23-4)17(20)19-7-5-6-13(11-19)18-14-8-15(21-2)10-16(9-14)22-3/h8-10,12-13,18H,5-7,11H2,1-4H3/t12-,13-/m0/s1. The maximum Gasteiger partial charge on any atom is 0.235 e. The molecule has 128 valence electrons. The quantitative estimate of drug-likeness (QED) is 0.864. The Hall–Kier alpha value is -1.56. The molecule has 2 atom stereocenters. The van der Waals surface area contributed by atoms with E-state index in [1.54, 1.807) is 26.0 Å². The minimum absolute atomic E-state index is 0.0191. The fourth-order valence-electron chi connectivity index (χ4n) is 2.78. The van der Waals surface area contributed by atoms with Crippen LogP contribution in [-0.4, -0.2) is 55.7 Å². The van der Waals surface area contributed by atoms with Gasteiger partial charge in [0.05, 0.1) is 19.5 Å². The van der Waals surface area contributed by atoms with Gasteiger partial charge in [-0.15, -0.1) is 0 Å². The van der Waals surface area contributed by atoms with Crippen LogP contribution in [0.4, 0.5) is 5.69 Å². The van der Waals surface area contributed by atoms with Gasteiger partial charge in [-0.1, -0.05) is 0 Å². The summed E-state index contributed by atoms with van der Waals surface area (Å²) in [5.74, 6) is 1.74. The summed E-state index contributed by atoms with van der Waals surface area (Å²) < 4.78 is 10.6. The summed E-state index contributed by atoms with van der Waals surface area (Å²) in [6, 6.07) is 6.00. The predicted molar refractivity (Wildman–Crippen MR) is 95.7 cm³/mol. The number of nitrogens with zero attached hydrogens (tertiary/aromatic N) is 1. The highest BCUT2D eigenvalue weighted by Gasteiger charge is 2.26. The van der Waals surface area contributed by atoms with Crippen LogP contribution in [0.1, 0.15) is 19.8 Å². The molecule has 0 unspecified atom stereocenters. The Kier molecular flexibility index (Phi) is 6.45. The monoisotopic (exact) mass is 338 g/mol. The molecule has 0 aromatic heterocycles. The largest absolute Gasteiger partial charge is 0.497 e. The number of amides is 1. The van der Waals surface area contributed by atoms with Gasteiger partial charge in [-0.2, -0.15) is 11.8 Å². The molecule has 1 heterocycles. The lowest BCUT2D eigenvalue weighted by Gasteiger charge is -2.35. The third-order valence-electron chi connectivity index (χ3n) is 4.16. The first-order valence-corrected chi connectivity index (χ1v) is 9.17. The van der Waals surface area contributed by atoms with E-state index in [4.69, 9.17) is 9.47 Å². The SMILES string of the molecule is COc1cc(N[C@H]2CCCN(C(=O)[C@H](C)SC)C2)cc(OC)c1. The molecule has 1 aliphatic heterocycles. The number of thioether (sulfide) groups is 1. The summed E-state index contributed by atoms with van der Waals surface area (Å²) in [6.07, 6.45) is 4.05. The van der Waals surface area contributed by atoms with E-state index in [1.807, 2.05) is 36.3 Å². The van der Waals surface area contributed by atoms with E-state index in [0.717, 1.165) is 43.1 Å². The third-order valence-corrected chi connectivity index (χ3v) is 5.07. The van der Waals surface area contributed by atoms with Crippen LogP contribution in [0.15, 0.2) is 18.2 Å². The van der Waals surface area contributed by atoms with E-state index in [-0.39, 0.29) is 17.2 Å². The van der Waals surface area contributed by atoms with Crippen LogP contribution in [0.2, 0.25) is 0 Å². The number of anilines is 1. The zero-order valence-corrected chi connectivity index (χ0v) is 15.1. The summed E-state index contributed by atoms with van der Waals surface area (Å²) in [5.41, 5.74) is 0.957. The molecule has 1 saturated heterocycles. The van der Waals surface area contributed by atoms with E-state index in [9.17, 15) is 4.79 Å². The molecule has 0 radical (unpaired) electrons. The number of piperidine rings is 1. The molecule has 1 N–H and O–H groups in total. The van der Waals surface area contributed by atoms with Crippen LogP contribution in [0.25, 0.3) is 0 Å². The highest BCUT2D eigenvalue weighted by Crippen LogP contribution is 2.27. The zero-order valence-electron chi connectivity index (χ0n) is 14.3. The highest BCUT2D eigenvalue weighted by atomic mass is 32.2. The lowest BCUT2D eigenvalue weighted by Crippen LogP contribution is -2.47. The normalized spacial score (nSPS) is 19.1. The first kappa shape index (κ1) is 17.8. The molecule has 0 aliphatic carbocycles. The van der Waals surface area contributed by atoms with Gasteiger partial charge >= 0.3 is 0 Å². The van der Waals surface area contributed by atoms with E-state index < -0.39 is 0 Å². The topological polar surface area (TPSA) is 50.8 Å². The van der Waals surface area contributed by atoms with E-state index in [2.05, 4.69) is 5.32 Å². The second-order valence-corrected chi connectivity index (χ2v) is 6.93. The Morgan fingerprint density at radius 3 is 2.52 bits per heavy atom. The van der Waals surface area contributed by atoms with Gasteiger partial charge in [-0.05, 0) is 26.0 Å². The fraction of sp³-hybridized carbons (Fsp3) is 0.588. The Labute approximate surface area is 142 Å². The van der Waals surface area contributed by atoms with Gasteiger partial charge in [0.2, 0.25) is 5.91 Å². The molecular weight excluding hydrogens is 312 g/mol. The van der Waals surface area contributed by atoms with Crippen molar-refractivity contribution in [3.63, 3.8) is 0 Å². The number of hydrogen-bond donors (Lipinski definition) is 1. The third kappa shape index (κ3) is 4.70. The van der Waals surface area contributed by atoms with Crippen LogP contribution < -0.4 is 14.8 Å². The van der Waals surface area contributed by atoms with Crippen LogP contribution in [0.5, 0.6) is 11.5 Å². The van der Waals surface area contributed by atoms with Crippen LogP contribution >= 0.6 is 11.8 Å². The number of benzene rings is 1. The molecule has 1 amide bonds. The molecule has 23 heavy (non-hydrogen) atoms. The fourth-order valence-corrected chi connectivity index (χ4v) is 3.13. The summed E-state index contributed by atoms with van der Waals surface area (Å²) in [5, 5.41) is 3.53. The number of carbonyl (C=O) groups excluding carboxylic acids is 1. The van der Waals surface area contributed by atoms with E-state index >= 15 is 0 Å². The van der Waals surface area contributed by atoms with Crippen molar-refractivity contribution in [2.75, 3.05) is 38.9 Å². The van der Waals surface area contributed by atoms with Gasteiger partial charge in [-0.25, -0.2) is 0 Å². The number of methoxy groups -OCH3 is 2. The number of likely N-dealkylation sites (tertiary alicyclic amines) is 1. The average Bonchev–Trinajstić information content (AvgIpc) is 2.60. The van der Waals surface area contributed by atoms with Crippen LogP contribution in [0.3, 0.4) is 0 Å². The summed E-state index contributed by atoms with van der Waals surface area (Å²) in [7, 11) is 3.28. The number of nitrogens with one attached hydrogen (secondary N) is 1. The van der Waals surface area contributed by atoms with Gasteiger partial charge in [0.25, 0.3) is 0 Å². The molecule has 1 fully saturated rings. The molecule has 0 spiro atoms. The Balaban J connectivity index is 2.04. The molecule has 1 aromatic carbocycles. The second kappa shape index (κ2) is 8.34. The number of carbonyl (C=O) groups is 1. The van der Waals surface area contributed by atoms with Crippen molar-refractivity contribution < 1.29 is 14.3 Å². The lowest BCUT2D eigenvalue weighted by atomic mass is 10.0. The first-order chi connectivity index (χ1) is 11.1. The molecule has 6 heteroatoms. The molecule has 0 bridgehead atoms. The number of hydrogen-bond acceptors (Lipinski definition) is 5. The smallest absolute Gasteiger partial charge is 0.235 e. The van der Waals surface area contributed by atoms with Gasteiger partial charge in [0.15, 0.2) is 0 Å². The maximum absolute atomic E-state index is 12.4. The van der Waals surface area contributed by atoms with Gasteiger partial charge in [-0.3, -0.25) is 4.79 Å². The maximum atomic E-state index is 12.4. The lowest BCUT2D eigenvalue weighted by molar-refractivity contribution is -0.131. The molecule has 5 nitrogen and oxygen atoms in total. The molecule has 1 aromatic rings.